The van der Waals surface area contributed by atoms with Crippen molar-refractivity contribution in [2.24, 2.45) is 13.0 Å². The van der Waals surface area contributed by atoms with Gasteiger partial charge in [0.1, 0.15) is 0 Å². The maximum atomic E-state index is 12.2. The van der Waals surface area contributed by atoms with Gasteiger partial charge >= 0.3 is 0 Å². The van der Waals surface area contributed by atoms with E-state index in [0.29, 0.717) is 11.8 Å². The maximum Gasteiger partial charge on any atom is 0.253 e. The first kappa shape index (κ1) is 15.5. The Kier molecular flexibility index (Phi) is 4.18. The predicted octanol–water partition coefficient (Wildman–Crippen LogP) is 1.16. The van der Waals surface area contributed by atoms with Crippen molar-refractivity contribution in [3.05, 3.63) is 40.3 Å². The topological polar surface area (TPSA) is 68.8 Å². The third-order valence-corrected chi connectivity index (χ3v) is 5.09. The standard InChI is InChI=1S/C17H24N6O/c1-21-10-15(19-20-21)11-22-6-4-13(5-7-22)9-23-12-18-16(8-17(23)24)14-2-3-14/h8,10,12-14H,2-7,9,11H2,1H3. The first-order chi connectivity index (χ1) is 11.7. The van der Waals surface area contributed by atoms with E-state index in [0.717, 1.165) is 50.4 Å². The van der Waals surface area contributed by atoms with Crippen LogP contribution in [0, 0.1) is 5.92 Å². The highest BCUT2D eigenvalue weighted by Gasteiger charge is 2.26. The number of aryl methyl sites for hydroxylation is 1. The van der Waals surface area contributed by atoms with Crippen molar-refractivity contribution in [1.29, 1.82) is 0 Å². The van der Waals surface area contributed by atoms with Gasteiger partial charge in [-0.2, -0.15) is 0 Å². The van der Waals surface area contributed by atoms with E-state index in [1.807, 2.05) is 13.2 Å². The molecule has 7 heteroatoms. The average Bonchev–Trinajstić information content (AvgIpc) is 3.34. The molecule has 0 unspecified atom stereocenters. The average molecular weight is 328 g/mol. The van der Waals surface area contributed by atoms with Crippen molar-refractivity contribution in [1.82, 2.24) is 29.4 Å². The number of aromatic nitrogens is 5. The molecule has 0 aromatic carbocycles. The van der Waals surface area contributed by atoms with Crippen LogP contribution in [0.2, 0.25) is 0 Å². The molecule has 0 radical (unpaired) electrons. The molecule has 7 nitrogen and oxygen atoms in total. The molecule has 1 aliphatic heterocycles. The maximum absolute atomic E-state index is 12.2. The minimum atomic E-state index is 0.105. The Balaban J connectivity index is 1.30. The summed E-state index contributed by atoms with van der Waals surface area (Å²) in [5.41, 5.74) is 2.11. The third-order valence-electron chi connectivity index (χ3n) is 5.09. The highest BCUT2D eigenvalue weighted by Crippen LogP contribution is 2.38. The van der Waals surface area contributed by atoms with Gasteiger partial charge in [0, 0.05) is 38.3 Å². The van der Waals surface area contributed by atoms with Crippen molar-refractivity contribution < 1.29 is 0 Å². The fourth-order valence-corrected chi connectivity index (χ4v) is 3.48. The Labute approximate surface area is 141 Å². The van der Waals surface area contributed by atoms with E-state index in [9.17, 15) is 4.79 Å². The smallest absolute Gasteiger partial charge is 0.253 e. The minimum absolute atomic E-state index is 0.105. The quantitative estimate of drug-likeness (QED) is 0.824. The normalized spacial score (nSPS) is 19.7. The summed E-state index contributed by atoms with van der Waals surface area (Å²) in [6.45, 7) is 3.74. The Bertz CT molecular complexity index is 754. The Morgan fingerprint density at radius 2 is 2.00 bits per heavy atom. The molecule has 0 N–H and O–H groups in total. The monoisotopic (exact) mass is 328 g/mol. The number of nitrogens with zero attached hydrogens (tertiary/aromatic N) is 6. The lowest BCUT2D eigenvalue weighted by Gasteiger charge is -2.31. The van der Waals surface area contributed by atoms with Crippen LogP contribution in [0.4, 0.5) is 0 Å². The molecular weight excluding hydrogens is 304 g/mol. The summed E-state index contributed by atoms with van der Waals surface area (Å²) in [5.74, 6) is 1.09. The molecule has 1 saturated carbocycles. The molecule has 0 atom stereocenters. The number of piperidine rings is 1. The number of hydrogen-bond acceptors (Lipinski definition) is 5. The van der Waals surface area contributed by atoms with E-state index in [2.05, 4.69) is 20.2 Å². The van der Waals surface area contributed by atoms with Gasteiger partial charge in [0.2, 0.25) is 0 Å². The summed E-state index contributed by atoms with van der Waals surface area (Å²) in [6, 6.07) is 1.74. The van der Waals surface area contributed by atoms with Gasteiger partial charge in [0.25, 0.3) is 5.56 Å². The zero-order valence-corrected chi connectivity index (χ0v) is 14.1. The highest BCUT2D eigenvalue weighted by atomic mass is 16.1. The molecule has 0 bridgehead atoms. The minimum Gasteiger partial charge on any atom is -0.299 e. The number of rotatable bonds is 5. The molecule has 128 valence electrons. The summed E-state index contributed by atoms with van der Waals surface area (Å²) in [4.78, 5) is 19.1. The van der Waals surface area contributed by atoms with Crippen LogP contribution in [0.15, 0.2) is 23.4 Å². The van der Waals surface area contributed by atoms with Crippen LogP contribution in [-0.2, 0) is 20.1 Å². The van der Waals surface area contributed by atoms with Crippen LogP contribution >= 0.6 is 0 Å². The first-order valence-corrected chi connectivity index (χ1v) is 8.81. The molecule has 0 spiro atoms. The number of likely N-dealkylation sites (tertiary alicyclic amines) is 1. The summed E-state index contributed by atoms with van der Waals surface area (Å²) < 4.78 is 3.53. The molecule has 0 amide bonds. The lowest BCUT2D eigenvalue weighted by molar-refractivity contribution is 0.164. The second kappa shape index (κ2) is 6.47. The molecule has 4 rings (SSSR count). The third kappa shape index (κ3) is 3.56. The van der Waals surface area contributed by atoms with Gasteiger partial charge in [-0.25, -0.2) is 4.98 Å². The summed E-state index contributed by atoms with van der Waals surface area (Å²) in [5, 5.41) is 8.13. The molecule has 3 heterocycles. The van der Waals surface area contributed by atoms with Crippen LogP contribution in [-0.4, -0.2) is 42.5 Å². The van der Waals surface area contributed by atoms with Gasteiger partial charge < -0.3 is 0 Å². The fraction of sp³-hybridized carbons (Fsp3) is 0.647. The molecule has 2 aromatic heterocycles. The van der Waals surface area contributed by atoms with E-state index in [1.54, 1.807) is 21.6 Å². The Morgan fingerprint density at radius 1 is 1.21 bits per heavy atom. The fourth-order valence-electron chi connectivity index (χ4n) is 3.48. The lowest BCUT2D eigenvalue weighted by Crippen LogP contribution is -2.36. The van der Waals surface area contributed by atoms with Crippen molar-refractivity contribution in [3.8, 4) is 0 Å². The van der Waals surface area contributed by atoms with Gasteiger partial charge in [-0.1, -0.05) is 5.21 Å². The summed E-state index contributed by atoms with van der Waals surface area (Å²) >= 11 is 0. The zero-order valence-electron chi connectivity index (χ0n) is 14.1. The molecular formula is C17H24N6O. The Morgan fingerprint density at radius 3 is 2.62 bits per heavy atom. The van der Waals surface area contributed by atoms with Crippen LogP contribution in [0.5, 0.6) is 0 Å². The van der Waals surface area contributed by atoms with E-state index in [1.165, 1.54) is 12.8 Å². The molecule has 2 aliphatic rings. The molecule has 1 aliphatic carbocycles. The van der Waals surface area contributed by atoms with Crippen molar-refractivity contribution in [2.75, 3.05) is 13.1 Å². The molecule has 24 heavy (non-hydrogen) atoms. The van der Waals surface area contributed by atoms with Gasteiger partial charge in [-0.3, -0.25) is 18.9 Å². The first-order valence-electron chi connectivity index (χ1n) is 8.81. The van der Waals surface area contributed by atoms with Gasteiger partial charge in [0.15, 0.2) is 0 Å². The Hall–Kier alpha value is -2.02. The van der Waals surface area contributed by atoms with E-state index in [-0.39, 0.29) is 5.56 Å². The molecule has 2 fully saturated rings. The van der Waals surface area contributed by atoms with Crippen LogP contribution in [0.25, 0.3) is 0 Å². The van der Waals surface area contributed by atoms with Crippen molar-refractivity contribution in [2.45, 2.75) is 44.7 Å². The molecule has 2 aromatic rings. The van der Waals surface area contributed by atoms with Crippen LogP contribution < -0.4 is 5.56 Å². The van der Waals surface area contributed by atoms with Gasteiger partial charge in [-0.05, 0) is 44.7 Å². The second-order valence-corrected chi connectivity index (χ2v) is 7.18. The van der Waals surface area contributed by atoms with Crippen LogP contribution in [0.3, 0.4) is 0 Å². The predicted molar refractivity (Wildman–Crippen MR) is 89.5 cm³/mol. The summed E-state index contributed by atoms with van der Waals surface area (Å²) in [7, 11) is 1.89. The SMILES string of the molecule is Cn1cc(CN2CCC(Cn3cnc(C4CC4)cc3=O)CC2)nn1. The largest absolute Gasteiger partial charge is 0.299 e. The van der Waals surface area contributed by atoms with Crippen molar-refractivity contribution >= 4 is 0 Å². The summed E-state index contributed by atoms with van der Waals surface area (Å²) in [6.07, 6.45) is 8.30. The van der Waals surface area contributed by atoms with Crippen molar-refractivity contribution in [3.63, 3.8) is 0 Å². The zero-order chi connectivity index (χ0) is 16.5. The van der Waals surface area contributed by atoms with E-state index < -0.39 is 0 Å². The lowest BCUT2D eigenvalue weighted by atomic mass is 9.96. The van der Waals surface area contributed by atoms with Gasteiger partial charge in [0.05, 0.1) is 17.7 Å². The van der Waals surface area contributed by atoms with Gasteiger partial charge in [-0.15, -0.1) is 5.10 Å². The highest BCUT2D eigenvalue weighted by molar-refractivity contribution is 5.12. The number of hydrogen-bond donors (Lipinski definition) is 0. The van der Waals surface area contributed by atoms with Crippen LogP contribution in [0.1, 0.15) is 43.0 Å². The second-order valence-electron chi connectivity index (χ2n) is 7.18. The van der Waals surface area contributed by atoms with E-state index in [4.69, 9.17) is 0 Å². The van der Waals surface area contributed by atoms with E-state index >= 15 is 0 Å². The molecule has 1 saturated heterocycles.